The first-order valence-corrected chi connectivity index (χ1v) is 11.0. The Morgan fingerprint density at radius 2 is 1.88 bits per heavy atom. The van der Waals surface area contributed by atoms with Gasteiger partial charge in [-0.2, -0.15) is 4.31 Å². The number of fused-ring (bicyclic) bond motifs is 1. The Morgan fingerprint density at radius 3 is 2.50 bits per heavy atom. The highest BCUT2D eigenvalue weighted by molar-refractivity contribution is 7.89. The molecule has 0 bridgehead atoms. The monoisotopic (exact) mass is 392 g/mol. The number of amides is 1. The van der Waals surface area contributed by atoms with Gasteiger partial charge in [-0.25, -0.2) is 8.42 Å². The zero-order chi connectivity index (χ0) is 19.1. The van der Waals surface area contributed by atoms with Crippen molar-refractivity contribution < 1.29 is 13.2 Å². The molecule has 1 amide bonds. The molecular formula is C19H24N2O3S2. The lowest BCUT2D eigenvalue weighted by molar-refractivity contribution is 0.0679. The van der Waals surface area contributed by atoms with Crippen molar-refractivity contribution in [2.24, 2.45) is 0 Å². The molecule has 7 heteroatoms. The van der Waals surface area contributed by atoms with Gasteiger partial charge in [0.1, 0.15) is 0 Å². The second kappa shape index (κ2) is 7.13. The number of hydrogen-bond acceptors (Lipinski definition) is 4. The maximum Gasteiger partial charge on any atom is 0.254 e. The molecule has 26 heavy (non-hydrogen) atoms. The highest BCUT2D eigenvalue weighted by Crippen LogP contribution is 2.33. The van der Waals surface area contributed by atoms with Gasteiger partial charge >= 0.3 is 0 Å². The van der Waals surface area contributed by atoms with Gasteiger partial charge in [0.25, 0.3) is 5.91 Å². The molecule has 1 aliphatic heterocycles. The van der Waals surface area contributed by atoms with Gasteiger partial charge in [-0.05, 0) is 68.5 Å². The van der Waals surface area contributed by atoms with Crippen LogP contribution >= 0.6 is 11.3 Å². The predicted molar refractivity (Wildman–Crippen MR) is 104 cm³/mol. The van der Waals surface area contributed by atoms with Crippen LogP contribution in [0.15, 0.2) is 40.6 Å². The normalized spacial score (nSPS) is 17.6. The first kappa shape index (κ1) is 19.1. The molecule has 0 spiro atoms. The third kappa shape index (κ3) is 3.31. The summed E-state index contributed by atoms with van der Waals surface area (Å²) in [6.07, 6.45) is 0.870. The summed E-state index contributed by atoms with van der Waals surface area (Å²) in [5.41, 5.74) is 1.73. The van der Waals surface area contributed by atoms with E-state index in [9.17, 15) is 13.2 Å². The summed E-state index contributed by atoms with van der Waals surface area (Å²) >= 11 is 1.74. The Labute approximate surface area is 159 Å². The number of hydrogen-bond donors (Lipinski definition) is 0. The van der Waals surface area contributed by atoms with Crippen LogP contribution in [-0.4, -0.2) is 43.2 Å². The number of carbonyl (C=O) groups excluding carboxylic acids is 1. The second-order valence-corrected chi connectivity index (χ2v) is 9.86. The van der Waals surface area contributed by atoms with Crippen LogP contribution in [0.2, 0.25) is 0 Å². The summed E-state index contributed by atoms with van der Waals surface area (Å²) in [7, 11) is -1.98. The zero-order valence-corrected chi connectivity index (χ0v) is 17.1. The van der Waals surface area contributed by atoms with E-state index >= 15 is 0 Å². The van der Waals surface area contributed by atoms with Crippen LogP contribution in [0.4, 0.5) is 0 Å². The molecular weight excluding hydrogens is 368 g/mol. The second-order valence-electron chi connectivity index (χ2n) is 6.86. The Bertz CT molecular complexity index is 901. The first-order chi connectivity index (χ1) is 12.2. The van der Waals surface area contributed by atoms with Crippen LogP contribution in [0.1, 0.15) is 47.6 Å². The highest BCUT2D eigenvalue weighted by Gasteiger charge is 2.29. The fourth-order valence-electron chi connectivity index (χ4n) is 3.17. The summed E-state index contributed by atoms with van der Waals surface area (Å²) in [6, 6.07) is 8.25. The molecule has 0 radical (unpaired) electrons. The van der Waals surface area contributed by atoms with Gasteiger partial charge in [-0.1, -0.05) is 0 Å². The van der Waals surface area contributed by atoms with Crippen LogP contribution in [-0.2, 0) is 16.4 Å². The minimum Gasteiger partial charge on any atom is -0.331 e. The van der Waals surface area contributed by atoms with Gasteiger partial charge in [-0.15, -0.1) is 11.3 Å². The van der Waals surface area contributed by atoms with E-state index in [2.05, 4.69) is 11.4 Å². The average molecular weight is 393 g/mol. The van der Waals surface area contributed by atoms with Crippen LogP contribution in [0.5, 0.6) is 0 Å². The summed E-state index contributed by atoms with van der Waals surface area (Å²) in [5.74, 6) is -0.0597. The van der Waals surface area contributed by atoms with Gasteiger partial charge in [0.2, 0.25) is 10.0 Å². The van der Waals surface area contributed by atoms with E-state index in [0.29, 0.717) is 12.1 Å². The number of rotatable bonds is 4. The predicted octanol–water partition coefficient (Wildman–Crippen LogP) is 3.54. The third-order valence-corrected chi connectivity index (χ3v) is 8.09. The smallest absolute Gasteiger partial charge is 0.254 e. The molecule has 0 saturated carbocycles. The molecule has 2 aromatic rings. The van der Waals surface area contributed by atoms with Crippen LogP contribution in [0.3, 0.4) is 0 Å². The van der Waals surface area contributed by atoms with Gasteiger partial charge in [0, 0.05) is 30.1 Å². The maximum absolute atomic E-state index is 12.9. The molecule has 1 unspecified atom stereocenters. The van der Waals surface area contributed by atoms with Crippen molar-refractivity contribution in [2.75, 3.05) is 13.6 Å². The summed E-state index contributed by atoms with van der Waals surface area (Å²) in [5, 5.41) is 2.07. The van der Waals surface area contributed by atoms with E-state index in [0.717, 1.165) is 6.42 Å². The SMILES string of the molecule is CC1c2ccsc2CCN1C(=O)c1ccc(S(=O)(=O)N(C)C(C)C)cc1. The van der Waals surface area contributed by atoms with E-state index in [-0.39, 0.29) is 22.9 Å². The van der Waals surface area contributed by atoms with Crippen molar-refractivity contribution in [1.82, 2.24) is 9.21 Å². The van der Waals surface area contributed by atoms with Crippen LogP contribution in [0.25, 0.3) is 0 Å². The number of thiophene rings is 1. The molecule has 1 atom stereocenters. The zero-order valence-electron chi connectivity index (χ0n) is 15.5. The Kier molecular flexibility index (Phi) is 5.23. The largest absolute Gasteiger partial charge is 0.331 e. The minimum absolute atomic E-state index is 0.0352. The van der Waals surface area contributed by atoms with E-state index in [4.69, 9.17) is 0 Å². The number of benzene rings is 1. The number of nitrogens with zero attached hydrogens (tertiary/aromatic N) is 2. The van der Waals surface area contributed by atoms with Crippen molar-refractivity contribution in [3.8, 4) is 0 Å². The lowest BCUT2D eigenvalue weighted by Crippen LogP contribution is -2.38. The van der Waals surface area contributed by atoms with Gasteiger partial charge < -0.3 is 4.90 Å². The lowest BCUT2D eigenvalue weighted by Gasteiger charge is -2.33. The van der Waals surface area contributed by atoms with Crippen molar-refractivity contribution in [3.05, 3.63) is 51.7 Å². The van der Waals surface area contributed by atoms with E-state index in [1.807, 2.05) is 25.7 Å². The molecule has 5 nitrogen and oxygen atoms in total. The van der Waals surface area contributed by atoms with Gasteiger partial charge in [0.05, 0.1) is 10.9 Å². The molecule has 2 heterocycles. The van der Waals surface area contributed by atoms with E-state index < -0.39 is 10.0 Å². The minimum atomic E-state index is -3.54. The fraction of sp³-hybridized carbons (Fsp3) is 0.421. The maximum atomic E-state index is 12.9. The molecule has 3 rings (SSSR count). The Balaban J connectivity index is 1.82. The van der Waals surface area contributed by atoms with Crippen molar-refractivity contribution >= 4 is 27.3 Å². The molecule has 1 aromatic carbocycles. The first-order valence-electron chi connectivity index (χ1n) is 8.69. The molecule has 0 N–H and O–H groups in total. The molecule has 0 aliphatic carbocycles. The molecule has 0 saturated heterocycles. The standard InChI is InChI=1S/C19H24N2O3S2/c1-13(2)20(4)26(23,24)16-7-5-15(6-8-16)19(22)21-11-9-18-17(14(21)3)10-12-25-18/h5-8,10,12-14H,9,11H2,1-4H3. The topological polar surface area (TPSA) is 57.7 Å². The van der Waals surface area contributed by atoms with Crippen LogP contribution in [0, 0.1) is 0 Å². The Morgan fingerprint density at radius 1 is 1.23 bits per heavy atom. The van der Waals surface area contributed by atoms with Crippen molar-refractivity contribution in [3.63, 3.8) is 0 Å². The van der Waals surface area contributed by atoms with Crippen molar-refractivity contribution in [1.29, 1.82) is 0 Å². The third-order valence-electron chi connectivity index (χ3n) is 5.04. The molecule has 0 fully saturated rings. The highest BCUT2D eigenvalue weighted by atomic mass is 32.2. The quantitative estimate of drug-likeness (QED) is 0.800. The summed E-state index contributed by atoms with van der Waals surface area (Å²) < 4.78 is 26.4. The van der Waals surface area contributed by atoms with Crippen molar-refractivity contribution in [2.45, 2.75) is 44.2 Å². The summed E-state index contributed by atoms with van der Waals surface area (Å²) in [4.78, 5) is 16.3. The molecule has 140 valence electrons. The van der Waals surface area contributed by atoms with Gasteiger partial charge in [-0.3, -0.25) is 4.79 Å². The molecule has 1 aliphatic rings. The Hall–Kier alpha value is -1.70. The number of carbonyl (C=O) groups is 1. The summed E-state index contributed by atoms with van der Waals surface area (Å²) in [6.45, 7) is 6.38. The number of sulfonamides is 1. The van der Waals surface area contributed by atoms with Crippen LogP contribution < -0.4 is 0 Å². The fourth-order valence-corrected chi connectivity index (χ4v) is 5.50. The average Bonchev–Trinajstić information content (AvgIpc) is 3.10. The van der Waals surface area contributed by atoms with E-state index in [1.54, 1.807) is 30.5 Å². The lowest BCUT2D eigenvalue weighted by atomic mass is 10.0. The molecule has 1 aromatic heterocycles. The van der Waals surface area contributed by atoms with E-state index in [1.165, 1.54) is 26.9 Å². The van der Waals surface area contributed by atoms with Gasteiger partial charge in [0.15, 0.2) is 0 Å².